The Morgan fingerprint density at radius 1 is 1.09 bits per heavy atom. The first-order valence-corrected chi connectivity index (χ1v) is 10.2. The number of hydrogen-bond donors (Lipinski definition) is 1. The van der Waals surface area contributed by atoms with Gasteiger partial charge in [0.25, 0.3) is 5.91 Å². The Labute approximate surface area is 184 Å². The molecule has 1 N–H and O–H groups in total. The van der Waals surface area contributed by atoms with Crippen molar-refractivity contribution in [2.24, 2.45) is 0 Å². The molecule has 0 radical (unpaired) electrons. The zero-order valence-electron chi connectivity index (χ0n) is 17.7. The number of rotatable bonds is 8. The topological polar surface area (TPSA) is 76.8 Å². The quantitative estimate of drug-likeness (QED) is 0.567. The number of benzene rings is 2. The van der Waals surface area contributed by atoms with E-state index in [4.69, 9.17) is 13.9 Å². The Bertz CT molecular complexity index is 1120. The van der Waals surface area contributed by atoms with Crippen LogP contribution in [0, 0.1) is 11.6 Å². The smallest absolute Gasteiger partial charge is 0.273 e. The minimum atomic E-state index is -0.637. The summed E-state index contributed by atoms with van der Waals surface area (Å²) in [6.07, 6.45) is 1.30. The van der Waals surface area contributed by atoms with Gasteiger partial charge in [-0.3, -0.25) is 9.69 Å². The van der Waals surface area contributed by atoms with Crippen molar-refractivity contribution in [1.82, 2.24) is 15.2 Å². The third-order valence-electron chi connectivity index (χ3n) is 4.82. The molecule has 1 aliphatic heterocycles. The highest BCUT2D eigenvalue weighted by Gasteiger charge is 2.19. The van der Waals surface area contributed by atoms with Gasteiger partial charge >= 0.3 is 0 Å². The zero-order chi connectivity index (χ0) is 22.7. The summed E-state index contributed by atoms with van der Waals surface area (Å²) < 4.78 is 43.9. The number of nitrogens with one attached hydrogen (secondary N) is 1. The molecule has 168 valence electrons. The van der Waals surface area contributed by atoms with E-state index in [-0.39, 0.29) is 37.5 Å². The molecule has 0 spiro atoms. The van der Waals surface area contributed by atoms with Crippen LogP contribution < -0.4 is 14.8 Å². The van der Waals surface area contributed by atoms with Crippen molar-refractivity contribution in [1.29, 1.82) is 0 Å². The Morgan fingerprint density at radius 3 is 2.69 bits per heavy atom. The van der Waals surface area contributed by atoms with Gasteiger partial charge in [0.2, 0.25) is 12.7 Å². The van der Waals surface area contributed by atoms with Gasteiger partial charge in [0.1, 0.15) is 17.9 Å². The number of carbonyl (C=O) groups excluding carboxylic acids is 1. The molecule has 0 fully saturated rings. The molecule has 0 atom stereocenters. The van der Waals surface area contributed by atoms with Gasteiger partial charge in [-0.2, -0.15) is 0 Å². The summed E-state index contributed by atoms with van der Waals surface area (Å²) in [7, 11) is 0. The van der Waals surface area contributed by atoms with Crippen molar-refractivity contribution in [2.45, 2.75) is 39.5 Å². The van der Waals surface area contributed by atoms with Gasteiger partial charge in [0, 0.05) is 30.8 Å². The van der Waals surface area contributed by atoms with Crippen LogP contribution >= 0.6 is 0 Å². The molecule has 1 aromatic heterocycles. The third kappa shape index (κ3) is 5.23. The molecule has 1 amide bonds. The second-order valence-electron chi connectivity index (χ2n) is 7.82. The average molecular weight is 443 g/mol. The molecular formula is C23H23F2N3O4. The van der Waals surface area contributed by atoms with Crippen LogP contribution in [0.3, 0.4) is 0 Å². The fraction of sp³-hybridized carbons (Fsp3) is 0.304. The third-order valence-corrected chi connectivity index (χ3v) is 4.82. The SMILES string of the molecule is CC(C)NC(=O)c1coc(CN(Cc2ccc3c(c2)OCO3)Cc2ccc(F)cc2F)n1. The number of ether oxygens (including phenoxy) is 2. The van der Waals surface area contributed by atoms with Crippen molar-refractivity contribution < 1.29 is 27.5 Å². The molecule has 9 heteroatoms. The summed E-state index contributed by atoms with van der Waals surface area (Å²) in [4.78, 5) is 18.3. The number of fused-ring (bicyclic) bond motifs is 1. The largest absolute Gasteiger partial charge is 0.454 e. The number of halogens is 2. The van der Waals surface area contributed by atoms with Crippen molar-refractivity contribution in [3.63, 3.8) is 0 Å². The standard InChI is InChI=1S/C23H23F2N3O4/c1-14(2)26-23(29)19-12-30-22(27-19)11-28(10-16-4-5-17(24)8-18(16)25)9-15-3-6-20-21(7-15)32-13-31-20/h3-8,12,14H,9-11,13H2,1-2H3,(H,26,29). The summed E-state index contributed by atoms with van der Waals surface area (Å²) in [5.74, 6) is 0.00815. The number of carbonyl (C=O) groups is 1. The first-order valence-electron chi connectivity index (χ1n) is 10.2. The highest BCUT2D eigenvalue weighted by molar-refractivity contribution is 5.92. The van der Waals surface area contributed by atoms with Gasteiger partial charge in [-0.05, 0) is 37.6 Å². The second-order valence-corrected chi connectivity index (χ2v) is 7.82. The first kappa shape index (κ1) is 21.8. The maximum Gasteiger partial charge on any atom is 0.273 e. The number of oxazole rings is 1. The van der Waals surface area contributed by atoms with Gasteiger partial charge in [-0.15, -0.1) is 0 Å². The number of nitrogens with zero attached hydrogens (tertiary/aromatic N) is 2. The van der Waals surface area contributed by atoms with E-state index < -0.39 is 11.6 Å². The molecule has 1 aliphatic rings. The summed E-state index contributed by atoms with van der Waals surface area (Å²) in [5, 5.41) is 2.76. The van der Waals surface area contributed by atoms with E-state index in [1.54, 1.807) is 0 Å². The lowest BCUT2D eigenvalue weighted by atomic mass is 10.1. The molecule has 4 rings (SSSR count). The van der Waals surface area contributed by atoms with Crippen LogP contribution in [0.5, 0.6) is 11.5 Å². The molecule has 0 saturated heterocycles. The van der Waals surface area contributed by atoms with E-state index in [2.05, 4.69) is 10.3 Å². The minimum absolute atomic E-state index is 0.0355. The van der Waals surface area contributed by atoms with Crippen LogP contribution in [0.15, 0.2) is 47.1 Å². The normalized spacial score (nSPS) is 12.6. The molecular weight excluding hydrogens is 420 g/mol. The van der Waals surface area contributed by atoms with E-state index in [1.165, 1.54) is 18.4 Å². The van der Waals surface area contributed by atoms with Crippen molar-refractivity contribution >= 4 is 5.91 Å². The maximum atomic E-state index is 14.3. The molecule has 7 nitrogen and oxygen atoms in total. The fourth-order valence-electron chi connectivity index (χ4n) is 3.37. The van der Waals surface area contributed by atoms with E-state index in [1.807, 2.05) is 36.9 Å². The molecule has 3 aromatic rings. The highest BCUT2D eigenvalue weighted by Crippen LogP contribution is 2.33. The summed E-state index contributed by atoms with van der Waals surface area (Å²) >= 11 is 0. The maximum absolute atomic E-state index is 14.3. The lowest BCUT2D eigenvalue weighted by Crippen LogP contribution is -2.30. The monoisotopic (exact) mass is 443 g/mol. The van der Waals surface area contributed by atoms with Gasteiger partial charge < -0.3 is 19.2 Å². The van der Waals surface area contributed by atoms with E-state index in [0.717, 1.165) is 11.6 Å². The summed E-state index contributed by atoms with van der Waals surface area (Å²) in [5.41, 5.74) is 1.40. The van der Waals surface area contributed by atoms with Gasteiger partial charge in [0.05, 0.1) is 6.54 Å². The minimum Gasteiger partial charge on any atom is -0.454 e. The zero-order valence-corrected chi connectivity index (χ0v) is 17.7. The lowest BCUT2D eigenvalue weighted by molar-refractivity contribution is 0.0938. The molecule has 0 aliphatic carbocycles. The van der Waals surface area contributed by atoms with Crippen molar-refractivity contribution in [3.8, 4) is 11.5 Å². The van der Waals surface area contributed by atoms with Crippen molar-refractivity contribution in [3.05, 3.63) is 77.0 Å². The van der Waals surface area contributed by atoms with Crippen LogP contribution in [-0.2, 0) is 19.6 Å². The van der Waals surface area contributed by atoms with E-state index in [9.17, 15) is 13.6 Å². The molecule has 0 bridgehead atoms. The molecule has 32 heavy (non-hydrogen) atoms. The highest BCUT2D eigenvalue weighted by atomic mass is 19.1. The van der Waals surface area contributed by atoms with E-state index >= 15 is 0 Å². The number of hydrogen-bond acceptors (Lipinski definition) is 6. The van der Waals surface area contributed by atoms with Gasteiger partial charge in [-0.1, -0.05) is 12.1 Å². The molecule has 0 unspecified atom stereocenters. The Kier molecular flexibility index (Phi) is 6.36. The Hall–Kier alpha value is -3.46. The number of aromatic nitrogens is 1. The predicted octanol–water partition coefficient (Wildman–Crippen LogP) is 4.02. The van der Waals surface area contributed by atoms with Gasteiger partial charge in [0.15, 0.2) is 17.2 Å². The summed E-state index contributed by atoms with van der Waals surface area (Å²) in [6.45, 7) is 4.66. The lowest BCUT2D eigenvalue weighted by Gasteiger charge is -2.21. The van der Waals surface area contributed by atoms with Crippen LogP contribution in [0.2, 0.25) is 0 Å². The Morgan fingerprint density at radius 2 is 1.91 bits per heavy atom. The molecule has 2 aromatic carbocycles. The summed E-state index contributed by atoms with van der Waals surface area (Å²) in [6, 6.07) is 9.00. The van der Waals surface area contributed by atoms with Crippen LogP contribution in [0.1, 0.15) is 41.4 Å². The van der Waals surface area contributed by atoms with Gasteiger partial charge in [-0.25, -0.2) is 13.8 Å². The predicted molar refractivity (Wildman–Crippen MR) is 111 cm³/mol. The fourth-order valence-corrected chi connectivity index (χ4v) is 3.37. The first-order chi connectivity index (χ1) is 15.4. The molecule has 2 heterocycles. The van der Waals surface area contributed by atoms with Crippen LogP contribution in [0.25, 0.3) is 0 Å². The molecule has 0 saturated carbocycles. The second kappa shape index (κ2) is 9.35. The Balaban J connectivity index is 1.54. The average Bonchev–Trinajstić information content (AvgIpc) is 3.38. The number of amides is 1. The van der Waals surface area contributed by atoms with E-state index in [0.29, 0.717) is 29.5 Å². The van der Waals surface area contributed by atoms with Crippen LogP contribution in [0.4, 0.5) is 8.78 Å². The van der Waals surface area contributed by atoms with Crippen LogP contribution in [-0.4, -0.2) is 28.6 Å². The van der Waals surface area contributed by atoms with Crippen molar-refractivity contribution in [2.75, 3.05) is 6.79 Å².